The molecule has 0 aliphatic rings. The van der Waals surface area contributed by atoms with Gasteiger partial charge in [-0.15, -0.1) is 0 Å². The lowest BCUT2D eigenvalue weighted by Gasteiger charge is -2.01. The lowest BCUT2D eigenvalue weighted by molar-refractivity contribution is 0.470. The fourth-order valence-electron chi connectivity index (χ4n) is 1.10. The molecule has 0 radical (unpaired) electrons. The van der Waals surface area contributed by atoms with E-state index in [1.54, 1.807) is 0 Å². The van der Waals surface area contributed by atoms with Crippen molar-refractivity contribution < 1.29 is 5.11 Å². The highest BCUT2D eigenvalue weighted by molar-refractivity contribution is 5.35. The van der Waals surface area contributed by atoms with Crippen molar-refractivity contribution in [3.8, 4) is 5.75 Å². The van der Waals surface area contributed by atoms with Crippen molar-refractivity contribution in [3.05, 3.63) is 29.3 Å². The number of aryl methyl sites for hydroxylation is 2. The quantitative estimate of drug-likeness (QED) is 0.687. The van der Waals surface area contributed by atoms with Gasteiger partial charge in [-0.2, -0.15) is 0 Å². The Hall–Kier alpha value is -0.980. The highest BCUT2D eigenvalue weighted by atomic mass is 16.3. The van der Waals surface area contributed by atoms with E-state index in [1.165, 1.54) is 5.56 Å². The van der Waals surface area contributed by atoms with Crippen LogP contribution in [0.25, 0.3) is 0 Å². The zero-order valence-corrected chi connectivity index (χ0v) is 7.09. The summed E-state index contributed by atoms with van der Waals surface area (Å²) in [5.41, 5.74) is 2.17. The van der Waals surface area contributed by atoms with Crippen molar-refractivity contribution in [1.82, 2.24) is 0 Å². The number of phenols is 1. The number of aromatic hydroxyl groups is 1. The summed E-state index contributed by atoms with van der Waals surface area (Å²) in [7, 11) is 0. The summed E-state index contributed by atoms with van der Waals surface area (Å²) in [5.74, 6) is 0.413. The summed E-state index contributed by atoms with van der Waals surface area (Å²) in [6.45, 7) is 4.04. The van der Waals surface area contributed by atoms with E-state index in [-0.39, 0.29) is 0 Å². The second kappa shape index (κ2) is 3.42. The van der Waals surface area contributed by atoms with Gasteiger partial charge in [0, 0.05) is 0 Å². The Morgan fingerprint density at radius 2 is 2.09 bits per heavy atom. The van der Waals surface area contributed by atoms with Crippen LogP contribution in [0.15, 0.2) is 18.2 Å². The smallest absolute Gasteiger partial charge is 0.118 e. The highest BCUT2D eigenvalue weighted by Gasteiger charge is 1.96. The van der Waals surface area contributed by atoms with E-state index in [1.807, 2.05) is 19.1 Å². The van der Waals surface area contributed by atoms with E-state index < -0.39 is 0 Å². The Balaban J connectivity index is 2.86. The van der Waals surface area contributed by atoms with Crippen molar-refractivity contribution in [2.75, 3.05) is 0 Å². The van der Waals surface area contributed by atoms with Crippen LogP contribution in [0.4, 0.5) is 0 Å². The molecule has 1 aromatic rings. The maximum Gasteiger partial charge on any atom is 0.118 e. The maximum atomic E-state index is 9.33. The molecule has 1 nitrogen and oxygen atoms in total. The summed E-state index contributed by atoms with van der Waals surface area (Å²) in [6, 6.07) is 5.87. The van der Waals surface area contributed by atoms with Crippen molar-refractivity contribution >= 4 is 0 Å². The number of benzene rings is 1. The van der Waals surface area contributed by atoms with E-state index >= 15 is 0 Å². The van der Waals surface area contributed by atoms with Gasteiger partial charge in [0.15, 0.2) is 0 Å². The maximum absolute atomic E-state index is 9.33. The van der Waals surface area contributed by atoms with Crippen LogP contribution in [0.3, 0.4) is 0 Å². The molecule has 0 aliphatic carbocycles. The molecule has 1 N–H and O–H groups in total. The normalized spacial score (nSPS) is 10.0. The van der Waals surface area contributed by atoms with E-state index in [4.69, 9.17) is 0 Å². The Morgan fingerprint density at radius 1 is 1.36 bits per heavy atom. The third kappa shape index (κ3) is 1.97. The summed E-state index contributed by atoms with van der Waals surface area (Å²) in [6.07, 6.45) is 2.18. The van der Waals surface area contributed by atoms with Gasteiger partial charge in [-0.25, -0.2) is 0 Å². The molecular weight excluding hydrogens is 136 g/mol. The molecule has 60 valence electrons. The number of hydrogen-bond acceptors (Lipinski definition) is 1. The van der Waals surface area contributed by atoms with Crippen LogP contribution >= 0.6 is 0 Å². The van der Waals surface area contributed by atoms with Crippen LogP contribution in [0.5, 0.6) is 5.75 Å². The molecule has 1 rings (SSSR count). The van der Waals surface area contributed by atoms with Crippen molar-refractivity contribution in [2.45, 2.75) is 26.7 Å². The van der Waals surface area contributed by atoms with Crippen LogP contribution in [0, 0.1) is 6.92 Å². The molecule has 0 saturated carbocycles. The Bertz CT molecular complexity index is 241. The van der Waals surface area contributed by atoms with Gasteiger partial charge < -0.3 is 5.11 Å². The topological polar surface area (TPSA) is 20.2 Å². The van der Waals surface area contributed by atoms with Crippen LogP contribution in [-0.4, -0.2) is 5.11 Å². The molecule has 0 amide bonds. The zero-order chi connectivity index (χ0) is 8.27. The molecular formula is C10H14O. The number of phenolic OH excluding ortho intramolecular Hbond substituents is 1. The van der Waals surface area contributed by atoms with E-state index in [2.05, 4.69) is 13.0 Å². The van der Waals surface area contributed by atoms with Crippen molar-refractivity contribution in [1.29, 1.82) is 0 Å². The van der Waals surface area contributed by atoms with Gasteiger partial charge >= 0.3 is 0 Å². The molecule has 0 bridgehead atoms. The predicted octanol–water partition coefficient (Wildman–Crippen LogP) is 2.65. The van der Waals surface area contributed by atoms with Gasteiger partial charge in [-0.05, 0) is 30.5 Å². The molecule has 0 saturated heterocycles. The van der Waals surface area contributed by atoms with Gasteiger partial charge in [-0.3, -0.25) is 0 Å². The molecule has 0 atom stereocenters. The first-order valence-corrected chi connectivity index (χ1v) is 4.02. The first-order valence-electron chi connectivity index (χ1n) is 4.02. The second-order valence-corrected chi connectivity index (χ2v) is 2.87. The first-order chi connectivity index (χ1) is 5.24. The fourth-order valence-corrected chi connectivity index (χ4v) is 1.10. The summed E-state index contributed by atoms with van der Waals surface area (Å²) < 4.78 is 0. The number of hydrogen-bond donors (Lipinski definition) is 1. The van der Waals surface area contributed by atoms with Crippen molar-refractivity contribution in [2.24, 2.45) is 0 Å². The highest BCUT2D eigenvalue weighted by Crippen LogP contribution is 2.17. The second-order valence-electron chi connectivity index (χ2n) is 2.87. The molecule has 0 aliphatic heterocycles. The minimum absolute atomic E-state index is 0.413. The van der Waals surface area contributed by atoms with Crippen LogP contribution in [0.1, 0.15) is 24.5 Å². The molecule has 0 spiro atoms. The van der Waals surface area contributed by atoms with Gasteiger partial charge in [0.05, 0.1) is 0 Å². The fraction of sp³-hybridized carbons (Fsp3) is 0.400. The zero-order valence-electron chi connectivity index (χ0n) is 7.09. The molecule has 0 aromatic heterocycles. The monoisotopic (exact) mass is 150 g/mol. The molecule has 11 heavy (non-hydrogen) atoms. The number of rotatable bonds is 2. The largest absolute Gasteiger partial charge is 0.508 e. The van der Waals surface area contributed by atoms with Gasteiger partial charge in [0.25, 0.3) is 0 Å². The standard InChI is InChI=1S/C10H14O/c1-3-4-9-6-5-8(2)10(11)7-9/h5-7,11H,3-4H2,1-2H3. The summed E-state index contributed by atoms with van der Waals surface area (Å²) in [4.78, 5) is 0. The molecule has 1 aromatic carbocycles. The lowest BCUT2D eigenvalue weighted by atomic mass is 10.1. The van der Waals surface area contributed by atoms with E-state index in [0.717, 1.165) is 18.4 Å². The van der Waals surface area contributed by atoms with Gasteiger partial charge in [0.1, 0.15) is 5.75 Å². The van der Waals surface area contributed by atoms with Gasteiger partial charge in [0.2, 0.25) is 0 Å². The van der Waals surface area contributed by atoms with Crippen molar-refractivity contribution in [3.63, 3.8) is 0 Å². The molecule has 0 heterocycles. The molecule has 0 unspecified atom stereocenters. The van der Waals surface area contributed by atoms with Crippen LogP contribution < -0.4 is 0 Å². The summed E-state index contributed by atoms with van der Waals surface area (Å²) >= 11 is 0. The van der Waals surface area contributed by atoms with Crippen LogP contribution in [-0.2, 0) is 6.42 Å². The van der Waals surface area contributed by atoms with Gasteiger partial charge in [-0.1, -0.05) is 25.5 Å². The molecule has 1 heteroatoms. The van der Waals surface area contributed by atoms with Crippen LogP contribution in [0.2, 0.25) is 0 Å². The minimum atomic E-state index is 0.413. The average molecular weight is 150 g/mol. The third-order valence-corrected chi connectivity index (χ3v) is 1.81. The first kappa shape index (κ1) is 8.12. The minimum Gasteiger partial charge on any atom is -0.508 e. The van der Waals surface area contributed by atoms with E-state index in [0.29, 0.717) is 5.75 Å². The predicted molar refractivity (Wildman–Crippen MR) is 46.8 cm³/mol. The SMILES string of the molecule is CCCc1ccc(C)c(O)c1. The average Bonchev–Trinajstić information content (AvgIpc) is 1.98. The molecule has 0 fully saturated rings. The third-order valence-electron chi connectivity index (χ3n) is 1.81. The Kier molecular flexibility index (Phi) is 2.53. The van der Waals surface area contributed by atoms with E-state index in [9.17, 15) is 5.11 Å². The summed E-state index contributed by atoms with van der Waals surface area (Å²) in [5, 5.41) is 9.33. The Labute approximate surface area is 67.7 Å². The Morgan fingerprint density at radius 3 is 2.64 bits per heavy atom. The lowest BCUT2D eigenvalue weighted by Crippen LogP contribution is -1.83.